The fourth-order valence-electron chi connectivity index (χ4n) is 4.44. The minimum absolute atomic E-state index is 0.317. The number of nitrogens with one attached hydrogen (secondary N) is 1. The zero-order valence-corrected chi connectivity index (χ0v) is 12.9. The number of quaternary nitrogens is 1. The number of carbonyl (C=O) groups is 1. The average molecular weight is 283 g/mol. The molecule has 1 unspecified atom stereocenters. The maximum absolute atomic E-state index is 11.6. The maximum Gasteiger partial charge on any atom is 0.183 e. The highest BCUT2D eigenvalue weighted by Gasteiger charge is 2.37. The summed E-state index contributed by atoms with van der Waals surface area (Å²) in [5, 5.41) is 1.46. The van der Waals surface area contributed by atoms with Gasteiger partial charge in [-0.05, 0) is 37.5 Å². The zero-order chi connectivity index (χ0) is 14.6. The Morgan fingerprint density at radius 2 is 2.29 bits per heavy atom. The van der Waals surface area contributed by atoms with Crippen molar-refractivity contribution >= 4 is 16.7 Å². The van der Waals surface area contributed by atoms with E-state index in [0.717, 1.165) is 13.1 Å². The van der Waals surface area contributed by atoms with Crippen molar-refractivity contribution in [2.75, 3.05) is 13.1 Å². The van der Waals surface area contributed by atoms with E-state index in [9.17, 15) is 4.79 Å². The Bertz CT molecular complexity index is 728. The first kappa shape index (κ1) is 13.1. The van der Waals surface area contributed by atoms with Crippen molar-refractivity contribution in [1.82, 2.24) is 4.57 Å². The third-order valence-corrected chi connectivity index (χ3v) is 5.24. The molecule has 1 aliphatic carbocycles. The summed E-state index contributed by atoms with van der Waals surface area (Å²) in [5.74, 6) is 0.317. The summed E-state index contributed by atoms with van der Waals surface area (Å²) in [4.78, 5) is 13.1. The van der Waals surface area contributed by atoms with Crippen LogP contribution in [0, 0.1) is 6.92 Å². The number of benzene rings is 1. The van der Waals surface area contributed by atoms with Gasteiger partial charge in [-0.3, -0.25) is 4.79 Å². The van der Waals surface area contributed by atoms with Gasteiger partial charge in [0.25, 0.3) is 0 Å². The van der Waals surface area contributed by atoms with E-state index < -0.39 is 0 Å². The number of Topliss-reactive ketones (excluding diaryl/α,β-unsaturated/α-hetero) is 1. The highest BCUT2D eigenvalue weighted by molar-refractivity contribution is 5.87. The number of rotatable bonds is 2. The molecule has 1 aromatic carbocycles. The van der Waals surface area contributed by atoms with E-state index in [1.54, 1.807) is 12.5 Å². The van der Waals surface area contributed by atoms with Gasteiger partial charge < -0.3 is 9.47 Å². The van der Waals surface area contributed by atoms with Gasteiger partial charge in [-0.2, -0.15) is 0 Å². The SMILES string of the molecule is CC(=O)C[NH+]1CCn2c3c(c4cc(C)ccc42)CCC[C@@H]31. The quantitative estimate of drug-likeness (QED) is 0.894. The molecule has 1 aromatic heterocycles. The molecule has 2 heterocycles. The molecule has 0 radical (unpaired) electrons. The molecule has 2 aromatic rings. The van der Waals surface area contributed by atoms with Gasteiger partial charge in [-0.1, -0.05) is 11.6 Å². The summed E-state index contributed by atoms with van der Waals surface area (Å²) < 4.78 is 2.54. The van der Waals surface area contributed by atoms with Gasteiger partial charge in [0.1, 0.15) is 12.6 Å². The van der Waals surface area contributed by atoms with E-state index in [0.29, 0.717) is 18.4 Å². The highest BCUT2D eigenvalue weighted by atomic mass is 16.1. The minimum atomic E-state index is 0.317. The Balaban J connectivity index is 1.90. The number of carbonyl (C=O) groups excluding carboxylic acids is 1. The van der Waals surface area contributed by atoms with Crippen molar-refractivity contribution in [3.05, 3.63) is 35.0 Å². The second-order valence-corrected chi connectivity index (χ2v) is 6.77. The Morgan fingerprint density at radius 1 is 1.43 bits per heavy atom. The van der Waals surface area contributed by atoms with E-state index in [1.165, 1.54) is 46.3 Å². The lowest BCUT2D eigenvalue weighted by molar-refractivity contribution is -0.929. The van der Waals surface area contributed by atoms with Crippen LogP contribution in [-0.4, -0.2) is 23.4 Å². The molecule has 2 atom stereocenters. The molecular formula is C18H23N2O+. The van der Waals surface area contributed by atoms with Gasteiger partial charge in [0.05, 0.1) is 18.8 Å². The third kappa shape index (κ3) is 1.95. The molecule has 0 amide bonds. The summed E-state index contributed by atoms with van der Waals surface area (Å²) in [6, 6.07) is 7.39. The average Bonchev–Trinajstić information content (AvgIpc) is 2.77. The predicted molar refractivity (Wildman–Crippen MR) is 83.7 cm³/mol. The van der Waals surface area contributed by atoms with Crippen LogP contribution in [0.2, 0.25) is 0 Å². The first-order valence-electron chi connectivity index (χ1n) is 8.11. The van der Waals surface area contributed by atoms with Gasteiger partial charge in [0, 0.05) is 24.2 Å². The lowest BCUT2D eigenvalue weighted by Gasteiger charge is -2.36. The number of ketones is 1. The number of fused-ring (bicyclic) bond motifs is 3. The summed E-state index contributed by atoms with van der Waals surface area (Å²) >= 11 is 0. The van der Waals surface area contributed by atoms with E-state index in [4.69, 9.17) is 0 Å². The summed E-state index contributed by atoms with van der Waals surface area (Å²) in [6.45, 7) is 6.72. The number of aromatic nitrogens is 1. The molecular weight excluding hydrogens is 260 g/mol. The highest BCUT2D eigenvalue weighted by Crippen LogP contribution is 2.37. The third-order valence-electron chi connectivity index (χ3n) is 5.24. The Hall–Kier alpha value is -1.61. The van der Waals surface area contributed by atoms with Crippen molar-refractivity contribution in [1.29, 1.82) is 0 Å². The number of nitrogens with zero attached hydrogens (tertiary/aromatic N) is 1. The van der Waals surface area contributed by atoms with Crippen molar-refractivity contribution in [3.8, 4) is 0 Å². The van der Waals surface area contributed by atoms with Crippen LogP contribution in [0.3, 0.4) is 0 Å². The van der Waals surface area contributed by atoms with Crippen LogP contribution < -0.4 is 4.90 Å². The minimum Gasteiger partial charge on any atom is -0.334 e. The maximum atomic E-state index is 11.6. The van der Waals surface area contributed by atoms with Crippen LogP contribution in [0.15, 0.2) is 18.2 Å². The normalized spacial score (nSPS) is 24.1. The summed E-state index contributed by atoms with van der Waals surface area (Å²) in [6.07, 6.45) is 3.68. The Labute approximate surface area is 125 Å². The smallest absolute Gasteiger partial charge is 0.183 e. The van der Waals surface area contributed by atoms with Crippen LogP contribution in [0.4, 0.5) is 0 Å². The standard InChI is InChI=1S/C18H22N2O/c1-12-6-7-16-15(10-12)14-4-3-5-17-18(14)20(16)9-8-19(17)11-13(2)21/h6-7,10,17H,3-5,8-9,11H2,1-2H3/p+1/t17-/m0/s1. The van der Waals surface area contributed by atoms with Crippen LogP contribution in [0.25, 0.3) is 10.9 Å². The van der Waals surface area contributed by atoms with Crippen LogP contribution >= 0.6 is 0 Å². The number of hydrogen-bond donors (Lipinski definition) is 1. The number of hydrogen-bond acceptors (Lipinski definition) is 1. The van der Waals surface area contributed by atoms with Gasteiger partial charge in [-0.15, -0.1) is 0 Å². The first-order chi connectivity index (χ1) is 10.1. The second-order valence-electron chi connectivity index (χ2n) is 6.77. The molecule has 0 spiro atoms. The second kappa shape index (κ2) is 4.70. The van der Waals surface area contributed by atoms with Crippen molar-refractivity contribution in [2.24, 2.45) is 0 Å². The molecule has 1 N–H and O–H groups in total. The molecule has 0 fully saturated rings. The monoisotopic (exact) mass is 283 g/mol. The fraction of sp³-hybridized carbons (Fsp3) is 0.500. The molecule has 110 valence electrons. The Morgan fingerprint density at radius 3 is 3.10 bits per heavy atom. The van der Waals surface area contributed by atoms with Crippen molar-refractivity contribution < 1.29 is 9.69 Å². The van der Waals surface area contributed by atoms with Crippen molar-refractivity contribution in [2.45, 2.75) is 45.7 Å². The van der Waals surface area contributed by atoms with Gasteiger partial charge in [-0.25, -0.2) is 0 Å². The molecule has 21 heavy (non-hydrogen) atoms. The van der Waals surface area contributed by atoms with Gasteiger partial charge in [0.15, 0.2) is 5.78 Å². The molecule has 3 nitrogen and oxygen atoms in total. The largest absolute Gasteiger partial charge is 0.334 e. The first-order valence-corrected chi connectivity index (χ1v) is 8.11. The summed E-state index contributed by atoms with van der Waals surface area (Å²) in [5.41, 5.74) is 5.84. The zero-order valence-electron chi connectivity index (χ0n) is 12.9. The van der Waals surface area contributed by atoms with E-state index >= 15 is 0 Å². The van der Waals surface area contributed by atoms with Crippen LogP contribution in [0.1, 0.15) is 42.6 Å². The van der Waals surface area contributed by atoms with E-state index in [-0.39, 0.29) is 0 Å². The molecule has 4 rings (SSSR count). The molecule has 1 aliphatic heterocycles. The van der Waals surface area contributed by atoms with Gasteiger partial charge >= 0.3 is 0 Å². The molecule has 0 saturated carbocycles. The van der Waals surface area contributed by atoms with E-state index in [1.807, 2.05) is 0 Å². The predicted octanol–water partition coefficient (Wildman–Crippen LogP) is 1.81. The van der Waals surface area contributed by atoms with Crippen molar-refractivity contribution in [3.63, 3.8) is 0 Å². The van der Waals surface area contributed by atoms with E-state index in [2.05, 4.69) is 29.7 Å². The fourth-order valence-corrected chi connectivity index (χ4v) is 4.44. The Kier molecular flexibility index (Phi) is 2.93. The number of aryl methyl sites for hydroxylation is 2. The van der Waals surface area contributed by atoms with Crippen LogP contribution in [-0.2, 0) is 17.8 Å². The topological polar surface area (TPSA) is 26.4 Å². The molecule has 2 aliphatic rings. The molecule has 0 saturated heterocycles. The molecule has 0 bridgehead atoms. The molecule has 3 heteroatoms. The van der Waals surface area contributed by atoms with Gasteiger partial charge in [0.2, 0.25) is 0 Å². The summed E-state index contributed by atoms with van der Waals surface area (Å²) in [7, 11) is 0. The lowest BCUT2D eigenvalue weighted by atomic mass is 9.89. The lowest BCUT2D eigenvalue weighted by Crippen LogP contribution is -3.14. The van der Waals surface area contributed by atoms with Crippen LogP contribution in [0.5, 0.6) is 0 Å².